The van der Waals surface area contributed by atoms with E-state index in [1.807, 2.05) is 13.8 Å². The first kappa shape index (κ1) is 21.5. The van der Waals surface area contributed by atoms with Gasteiger partial charge in [0.15, 0.2) is 5.96 Å². The highest BCUT2D eigenvalue weighted by Crippen LogP contribution is 2.13. The molecule has 5 nitrogen and oxygen atoms in total. The number of guanidine groups is 1. The van der Waals surface area contributed by atoms with Gasteiger partial charge in [0.05, 0.1) is 24.4 Å². The van der Waals surface area contributed by atoms with Crippen LogP contribution in [-0.4, -0.2) is 37.4 Å². The molecule has 0 heterocycles. The molecule has 1 rings (SSSR count). The Bertz CT molecular complexity index is 548. The zero-order valence-corrected chi connectivity index (χ0v) is 16.9. The van der Waals surface area contributed by atoms with Gasteiger partial charge in [0.25, 0.3) is 0 Å². The zero-order valence-electron chi connectivity index (χ0n) is 16.9. The Morgan fingerprint density at radius 2 is 1.76 bits per heavy atom. The predicted octanol–water partition coefficient (Wildman–Crippen LogP) is 3.48. The Balaban J connectivity index is 2.69. The van der Waals surface area contributed by atoms with E-state index in [4.69, 9.17) is 9.47 Å². The number of hydrogen-bond donors (Lipinski definition) is 2. The Morgan fingerprint density at radius 3 is 2.36 bits per heavy atom. The fourth-order valence-electron chi connectivity index (χ4n) is 2.00. The number of benzene rings is 1. The molecule has 25 heavy (non-hydrogen) atoms. The van der Waals surface area contributed by atoms with Crippen LogP contribution in [0.25, 0.3) is 0 Å². The Kier molecular flexibility index (Phi) is 8.39. The Hall–Kier alpha value is -1.59. The topological polar surface area (TPSA) is 54.9 Å². The summed E-state index contributed by atoms with van der Waals surface area (Å²) < 4.78 is 11.3. The van der Waals surface area contributed by atoms with Gasteiger partial charge in [-0.1, -0.05) is 24.3 Å². The van der Waals surface area contributed by atoms with Gasteiger partial charge < -0.3 is 20.1 Å². The molecule has 142 valence electrons. The van der Waals surface area contributed by atoms with E-state index in [9.17, 15) is 0 Å². The van der Waals surface area contributed by atoms with E-state index >= 15 is 0 Å². The van der Waals surface area contributed by atoms with Crippen LogP contribution in [0, 0.1) is 0 Å². The van der Waals surface area contributed by atoms with Gasteiger partial charge in [-0.25, -0.2) is 4.99 Å². The molecular weight excluding hydrogens is 314 g/mol. The number of ether oxygens (including phenoxy) is 2. The van der Waals surface area contributed by atoms with Gasteiger partial charge in [-0.2, -0.15) is 0 Å². The van der Waals surface area contributed by atoms with E-state index < -0.39 is 0 Å². The van der Waals surface area contributed by atoms with E-state index in [2.05, 4.69) is 67.6 Å². The maximum absolute atomic E-state index is 5.85. The first-order chi connectivity index (χ1) is 11.6. The normalized spacial score (nSPS) is 13.0. The number of hydrogen-bond acceptors (Lipinski definition) is 3. The summed E-state index contributed by atoms with van der Waals surface area (Å²) in [5.74, 6) is 0.795. The third kappa shape index (κ3) is 9.46. The van der Waals surface area contributed by atoms with Crippen LogP contribution < -0.4 is 10.6 Å². The predicted molar refractivity (Wildman–Crippen MR) is 105 cm³/mol. The van der Waals surface area contributed by atoms with Crippen molar-refractivity contribution in [1.82, 2.24) is 10.6 Å². The summed E-state index contributed by atoms with van der Waals surface area (Å²) in [5, 5.41) is 6.60. The molecule has 2 N–H and O–H groups in total. The second kappa shape index (κ2) is 9.78. The number of nitrogens with zero attached hydrogens (tertiary/aromatic N) is 1. The molecule has 0 atom stereocenters. The van der Waals surface area contributed by atoms with Gasteiger partial charge >= 0.3 is 0 Å². The lowest BCUT2D eigenvalue weighted by Crippen LogP contribution is -2.45. The molecule has 0 aliphatic carbocycles. The quantitative estimate of drug-likeness (QED) is 0.557. The minimum atomic E-state index is -0.236. The molecule has 5 heteroatoms. The molecule has 0 unspecified atom stereocenters. The van der Waals surface area contributed by atoms with Gasteiger partial charge in [0, 0.05) is 20.2 Å². The molecule has 0 aliphatic rings. The van der Waals surface area contributed by atoms with Gasteiger partial charge in [0.1, 0.15) is 0 Å². The van der Waals surface area contributed by atoms with Crippen molar-refractivity contribution in [1.29, 1.82) is 0 Å². The number of rotatable bonds is 8. The third-order valence-corrected chi connectivity index (χ3v) is 3.66. The number of methoxy groups -OCH3 is 1. The zero-order chi connectivity index (χ0) is 18.9. The van der Waals surface area contributed by atoms with Crippen LogP contribution in [0.5, 0.6) is 0 Å². The van der Waals surface area contributed by atoms with Crippen LogP contribution in [0.15, 0.2) is 29.3 Å². The summed E-state index contributed by atoms with van der Waals surface area (Å²) in [5.41, 5.74) is 1.96. The molecule has 0 aromatic heterocycles. The fourth-order valence-corrected chi connectivity index (χ4v) is 2.00. The largest absolute Gasteiger partial charge is 0.377 e. The minimum Gasteiger partial charge on any atom is -0.377 e. The molecule has 0 amide bonds. The van der Waals surface area contributed by atoms with Crippen LogP contribution in [0.1, 0.15) is 52.7 Å². The Labute approximate surface area is 153 Å². The third-order valence-electron chi connectivity index (χ3n) is 3.66. The lowest BCUT2D eigenvalue weighted by molar-refractivity contribution is -0.0149. The van der Waals surface area contributed by atoms with Crippen LogP contribution in [-0.2, 0) is 22.6 Å². The number of nitrogens with one attached hydrogen (secondary N) is 2. The van der Waals surface area contributed by atoms with Crippen LogP contribution >= 0.6 is 0 Å². The second-order valence-electron chi connectivity index (χ2n) is 7.73. The molecule has 0 spiro atoms. The summed E-state index contributed by atoms with van der Waals surface area (Å²) in [6.45, 7) is 15.1. The van der Waals surface area contributed by atoms with E-state index in [-0.39, 0.29) is 11.2 Å². The summed E-state index contributed by atoms with van der Waals surface area (Å²) in [6.07, 6.45) is 0. The molecule has 0 radical (unpaired) electrons. The average molecular weight is 350 g/mol. The van der Waals surface area contributed by atoms with Gasteiger partial charge in [-0.15, -0.1) is 0 Å². The maximum atomic E-state index is 5.85. The molecular formula is C20H35N3O2. The smallest absolute Gasteiger partial charge is 0.191 e. The van der Waals surface area contributed by atoms with E-state index in [1.165, 1.54) is 11.1 Å². The van der Waals surface area contributed by atoms with Crippen molar-refractivity contribution in [3.05, 3.63) is 35.4 Å². The molecule has 1 aromatic rings. The van der Waals surface area contributed by atoms with Crippen molar-refractivity contribution in [3.63, 3.8) is 0 Å². The highest BCUT2D eigenvalue weighted by Gasteiger charge is 2.16. The summed E-state index contributed by atoms with van der Waals surface area (Å²) >= 11 is 0. The maximum Gasteiger partial charge on any atom is 0.191 e. The van der Waals surface area contributed by atoms with E-state index in [1.54, 1.807) is 7.11 Å². The van der Waals surface area contributed by atoms with Gasteiger partial charge in [-0.05, 0) is 52.7 Å². The van der Waals surface area contributed by atoms with Gasteiger partial charge in [-0.3, -0.25) is 0 Å². The SMILES string of the molecule is CCNC(=NCc1cccc(COC(C)(C)C)c1)NCC(C)(C)OC. The molecule has 0 fully saturated rings. The molecule has 0 bridgehead atoms. The first-order valence-electron chi connectivity index (χ1n) is 8.94. The fraction of sp³-hybridized carbons (Fsp3) is 0.650. The van der Waals surface area contributed by atoms with Crippen molar-refractivity contribution in [2.45, 2.75) is 65.9 Å². The lowest BCUT2D eigenvalue weighted by atomic mass is 10.1. The monoisotopic (exact) mass is 349 g/mol. The van der Waals surface area contributed by atoms with Crippen molar-refractivity contribution in [3.8, 4) is 0 Å². The van der Waals surface area contributed by atoms with Crippen LogP contribution in [0.2, 0.25) is 0 Å². The summed E-state index contributed by atoms with van der Waals surface area (Å²) in [7, 11) is 1.72. The summed E-state index contributed by atoms with van der Waals surface area (Å²) in [4.78, 5) is 4.67. The van der Waals surface area contributed by atoms with E-state index in [0.29, 0.717) is 19.7 Å². The lowest BCUT2D eigenvalue weighted by Gasteiger charge is -2.24. The Morgan fingerprint density at radius 1 is 1.08 bits per heavy atom. The molecule has 0 aliphatic heterocycles. The van der Waals surface area contributed by atoms with Crippen molar-refractivity contribution in [2.75, 3.05) is 20.2 Å². The summed E-state index contributed by atoms with van der Waals surface area (Å²) in [6, 6.07) is 8.38. The minimum absolute atomic E-state index is 0.134. The van der Waals surface area contributed by atoms with Crippen molar-refractivity contribution < 1.29 is 9.47 Å². The first-order valence-corrected chi connectivity index (χ1v) is 8.94. The highest BCUT2D eigenvalue weighted by molar-refractivity contribution is 5.79. The second-order valence-corrected chi connectivity index (χ2v) is 7.73. The molecule has 0 saturated heterocycles. The molecule has 1 aromatic carbocycles. The highest BCUT2D eigenvalue weighted by atomic mass is 16.5. The average Bonchev–Trinajstić information content (AvgIpc) is 2.55. The standard InChI is InChI=1S/C20H35N3O2/c1-8-21-18(23-15-20(5,6)24-7)22-13-16-10-9-11-17(12-16)14-25-19(2,3)4/h9-12H,8,13-15H2,1-7H3,(H2,21,22,23). The van der Waals surface area contributed by atoms with Crippen molar-refractivity contribution in [2.24, 2.45) is 4.99 Å². The number of aliphatic imine (C=N–C) groups is 1. The van der Waals surface area contributed by atoms with E-state index in [0.717, 1.165) is 12.5 Å². The van der Waals surface area contributed by atoms with Crippen LogP contribution in [0.4, 0.5) is 0 Å². The van der Waals surface area contributed by atoms with Gasteiger partial charge in [0.2, 0.25) is 0 Å². The van der Waals surface area contributed by atoms with Crippen molar-refractivity contribution >= 4 is 5.96 Å². The van der Waals surface area contributed by atoms with Crippen LogP contribution in [0.3, 0.4) is 0 Å². The molecule has 0 saturated carbocycles.